The van der Waals surface area contributed by atoms with Gasteiger partial charge in [0.25, 0.3) is 0 Å². The van der Waals surface area contributed by atoms with Crippen molar-refractivity contribution in [2.45, 2.75) is 0 Å². The van der Waals surface area contributed by atoms with E-state index in [0.29, 0.717) is 0 Å². The number of para-hydroxylation sites is 2. The summed E-state index contributed by atoms with van der Waals surface area (Å²) in [6.07, 6.45) is 0. The van der Waals surface area contributed by atoms with Crippen LogP contribution in [0.15, 0.2) is 182 Å². The van der Waals surface area contributed by atoms with Crippen LogP contribution in [0, 0.1) is 0 Å². The van der Waals surface area contributed by atoms with E-state index in [1.807, 2.05) is 84.9 Å². The van der Waals surface area contributed by atoms with Crippen molar-refractivity contribution in [2.24, 2.45) is 0 Å². The maximum atomic E-state index is 6.25. The van der Waals surface area contributed by atoms with Crippen LogP contribution in [0.5, 0.6) is 11.5 Å². The van der Waals surface area contributed by atoms with Crippen molar-refractivity contribution in [3.05, 3.63) is 182 Å². The van der Waals surface area contributed by atoms with Crippen molar-refractivity contribution in [3.63, 3.8) is 0 Å². The average Bonchev–Trinajstić information content (AvgIpc) is 3.09. The first kappa shape index (κ1) is 32.9. The molecule has 43 heavy (non-hydrogen) atoms. The molecule has 0 atom stereocenters. The van der Waals surface area contributed by atoms with Gasteiger partial charge >= 0.3 is 35.0 Å². The van der Waals surface area contributed by atoms with Gasteiger partial charge in [0.15, 0.2) is 16.3 Å². The first-order chi connectivity index (χ1) is 21.3. The number of hydrogen-bond acceptors (Lipinski definition) is 2. The Morgan fingerprint density at radius 2 is 0.512 bits per heavy atom. The van der Waals surface area contributed by atoms with E-state index in [1.165, 1.54) is 21.2 Å². The fourth-order valence-electron chi connectivity index (χ4n) is 3.94. The van der Waals surface area contributed by atoms with Crippen molar-refractivity contribution in [1.29, 1.82) is 0 Å². The second kappa shape index (κ2) is 19.3. The normalized spacial score (nSPS) is 10.2. The van der Waals surface area contributed by atoms with Gasteiger partial charge in [0, 0.05) is 21.2 Å². The van der Waals surface area contributed by atoms with Crippen molar-refractivity contribution >= 4 is 56.6 Å². The molecular formula is C36H30Cl2O2P2Pd. The third-order valence-corrected chi connectivity index (χ3v) is 9.70. The third kappa shape index (κ3) is 11.2. The van der Waals surface area contributed by atoms with E-state index in [9.17, 15) is 0 Å². The van der Waals surface area contributed by atoms with Gasteiger partial charge in [-0.15, -0.1) is 0 Å². The predicted octanol–water partition coefficient (Wildman–Crippen LogP) is 9.60. The Labute approximate surface area is 273 Å². The quantitative estimate of drug-likeness (QED) is 0.115. The van der Waals surface area contributed by atoms with Gasteiger partial charge in [0.05, 0.1) is 0 Å². The monoisotopic (exact) mass is 732 g/mol. The van der Waals surface area contributed by atoms with Gasteiger partial charge in [0.1, 0.15) is 11.5 Å². The molecule has 0 aromatic heterocycles. The van der Waals surface area contributed by atoms with Crippen LogP contribution in [0.2, 0.25) is 0 Å². The Morgan fingerprint density at radius 1 is 0.326 bits per heavy atom. The largest absolute Gasteiger partial charge is 0.464 e. The first-order valence-corrected chi connectivity index (χ1v) is 19.9. The molecule has 0 aliphatic heterocycles. The van der Waals surface area contributed by atoms with E-state index in [4.69, 9.17) is 28.1 Å². The van der Waals surface area contributed by atoms with Gasteiger partial charge in [-0.1, -0.05) is 158 Å². The number of hydrogen-bond donors (Lipinski definition) is 0. The second-order valence-electron chi connectivity index (χ2n) is 8.78. The fourth-order valence-corrected chi connectivity index (χ4v) is 7.39. The second-order valence-corrected chi connectivity index (χ2v) is 14.8. The molecule has 0 bridgehead atoms. The van der Waals surface area contributed by atoms with E-state index in [1.54, 1.807) is 0 Å². The molecule has 220 valence electrons. The summed E-state index contributed by atoms with van der Waals surface area (Å²) in [5.74, 6) is 1.82. The van der Waals surface area contributed by atoms with Crippen LogP contribution in [0.3, 0.4) is 0 Å². The van der Waals surface area contributed by atoms with E-state index in [2.05, 4.69) is 97.1 Å². The summed E-state index contributed by atoms with van der Waals surface area (Å²) in [5, 5.41) is 4.88. The zero-order chi connectivity index (χ0) is 30.0. The molecule has 0 N–H and O–H groups in total. The summed E-state index contributed by atoms with van der Waals surface area (Å²) in [6.45, 7) is 0. The molecule has 0 aliphatic carbocycles. The summed E-state index contributed by atoms with van der Waals surface area (Å²) in [5.41, 5.74) is 0. The topological polar surface area (TPSA) is 18.5 Å². The molecule has 2 nitrogen and oxygen atoms in total. The van der Waals surface area contributed by atoms with Gasteiger partial charge in [0.2, 0.25) is 0 Å². The Balaban J connectivity index is 0.000000181. The maximum Gasteiger partial charge on any atom is 0.150 e. The van der Waals surface area contributed by atoms with Gasteiger partial charge in [-0.3, -0.25) is 0 Å². The minimum absolute atomic E-state index is 0.106. The van der Waals surface area contributed by atoms with Crippen LogP contribution in [0.25, 0.3) is 0 Å². The Kier molecular flexibility index (Phi) is 14.8. The molecular weight excluding hydrogens is 704 g/mol. The molecule has 0 spiro atoms. The van der Waals surface area contributed by atoms with Gasteiger partial charge < -0.3 is 9.05 Å². The van der Waals surface area contributed by atoms with Crippen LogP contribution < -0.4 is 30.3 Å². The Hall–Kier alpha value is -2.98. The molecule has 0 aliphatic rings. The zero-order valence-electron chi connectivity index (χ0n) is 23.1. The minimum Gasteiger partial charge on any atom is -0.464 e. The van der Waals surface area contributed by atoms with Crippen LogP contribution in [0.1, 0.15) is 0 Å². The average molecular weight is 734 g/mol. The van der Waals surface area contributed by atoms with E-state index in [0.717, 1.165) is 11.5 Å². The fraction of sp³-hybridized carbons (Fsp3) is 0. The molecule has 6 aromatic rings. The van der Waals surface area contributed by atoms with E-state index in [-0.39, 0.29) is 15.9 Å². The molecule has 7 heteroatoms. The molecule has 0 amide bonds. The zero-order valence-corrected chi connectivity index (χ0v) is 28.0. The first-order valence-electron chi connectivity index (χ1n) is 13.4. The number of rotatable bonds is 8. The molecule has 0 saturated heterocycles. The molecule has 0 saturated carbocycles. The maximum absolute atomic E-state index is 6.25. The van der Waals surface area contributed by atoms with Crippen LogP contribution in [-0.4, -0.2) is 0 Å². The smallest absolute Gasteiger partial charge is 0.150 e. The van der Waals surface area contributed by atoms with Gasteiger partial charge in [-0.05, 0) is 24.3 Å². The SMILES string of the molecule is [Cl][Pd][Cl].c1ccc(OP(c2ccccc2)c2ccccc2)cc1.c1ccc(OP(c2ccccc2)c2ccccc2)cc1. The third-order valence-electron chi connectivity index (χ3n) is 5.84. The molecule has 6 rings (SSSR count). The standard InChI is InChI=1S/2C18H15OP.2ClH.Pd/c2*1-4-10-16(11-5-1)19-20(17-12-6-2-7-13-17)18-14-8-3-9-15-18;;;/h2*1-15H;2*1H;/q;;;;+2/p-2. The number of halogens is 2. The summed E-state index contributed by atoms with van der Waals surface area (Å²) >= 11 is -0.106. The van der Waals surface area contributed by atoms with Gasteiger partial charge in [-0.2, -0.15) is 0 Å². The molecule has 0 fully saturated rings. The summed E-state index contributed by atoms with van der Waals surface area (Å²) in [6, 6.07) is 61.6. The molecule has 0 unspecified atom stereocenters. The van der Waals surface area contributed by atoms with Crippen molar-refractivity contribution in [1.82, 2.24) is 0 Å². The minimum atomic E-state index is -0.827. The van der Waals surface area contributed by atoms with Crippen molar-refractivity contribution < 1.29 is 25.0 Å². The van der Waals surface area contributed by atoms with E-state index < -0.39 is 16.3 Å². The number of benzene rings is 6. The molecule has 0 radical (unpaired) electrons. The van der Waals surface area contributed by atoms with Crippen molar-refractivity contribution in [2.75, 3.05) is 0 Å². The summed E-state index contributed by atoms with van der Waals surface area (Å²) in [4.78, 5) is 0. The van der Waals surface area contributed by atoms with E-state index >= 15 is 0 Å². The molecule has 0 heterocycles. The summed E-state index contributed by atoms with van der Waals surface area (Å²) < 4.78 is 12.5. The van der Waals surface area contributed by atoms with Crippen LogP contribution in [-0.2, 0) is 15.9 Å². The molecule has 6 aromatic carbocycles. The van der Waals surface area contributed by atoms with Crippen LogP contribution in [0.4, 0.5) is 0 Å². The van der Waals surface area contributed by atoms with Crippen LogP contribution >= 0.6 is 35.4 Å². The summed E-state index contributed by atoms with van der Waals surface area (Å²) in [7, 11) is 7.97. The van der Waals surface area contributed by atoms with Gasteiger partial charge in [-0.25, -0.2) is 0 Å². The predicted molar refractivity (Wildman–Crippen MR) is 184 cm³/mol. The Bertz CT molecular complexity index is 1350. The van der Waals surface area contributed by atoms with Crippen molar-refractivity contribution in [3.8, 4) is 11.5 Å². The Morgan fingerprint density at radius 3 is 0.721 bits per heavy atom.